The molecule has 1 aromatic heterocycles. The minimum absolute atomic E-state index is 0.173. The van der Waals surface area contributed by atoms with E-state index in [0.717, 1.165) is 0 Å². The second kappa shape index (κ2) is 5.12. The van der Waals surface area contributed by atoms with Gasteiger partial charge in [0.2, 0.25) is 5.76 Å². The molecule has 0 aromatic carbocycles. The van der Waals surface area contributed by atoms with Crippen molar-refractivity contribution in [3.63, 3.8) is 0 Å². The monoisotopic (exact) mass is 226 g/mol. The summed E-state index contributed by atoms with van der Waals surface area (Å²) in [5.41, 5.74) is -0.184. The quantitative estimate of drug-likeness (QED) is 0.792. The predicted molar refractivity (Wildman–Crippen MR) is 59.1 cm³/mol. The Morgan fingerprint density at radius 2 is 2.19 bits per heavy atom. The van der Waals surface area contributed by atoms with E-state index in [0.29, 0.717) is 18.5 Å². The van der Waals surface area contributed by atoms with Crippen molar-refractivity contribution in [1.82, 2.24) is 10.5 Å². The van der Waals surface area contributed by atoms with E-state index in [-0.39, 0.29) is 18.2 Å². The Morgan fingerprint density at radius 1 is 1.56 bits per heavy atom. The first-order valence-electron chi connectivity index (χ1n) is 5.44. The minimum atomic E-state index is -0.843. The van der Waals surface area contributed by atoms with Gasteiger partial charge in [0.15, 0.2) is 0 Å². The molecule has 1 heterocycles. The molecule has 1 amide bonds. The molecule has 90 valence electrons. The largest absolute Gasteiger partial charge is 0.388 e. The lowest BCUT2D eigenvalue weighted by molar-refractivity contribution is 0.0308. The van der Waals surface area contributed by atoms with Gasteiger partial charge in [-0.15, -0.1) is 0 Å². The molecular formula is C11H18N2O3. The maximum atomic E-state index is 11.6. The first-order chi connectivity index (χ1) is 7.50. The molecule has 0 atom stereocenters. The molecule has 0 saturated heterocycles. The number of aliphatic hydroxyl groups is 1. The van der Waals surface area contributed by atoms with Crippen LogP contribution in [-0.4, -0.2) is 28.3 Å². The first-order valence-corrected chi connectivity index (χ1v) is 5.44. The highest BCUT2D eigenvalue weighted by molar-refractivity contribution is 5.91. The zero-order valence-electron chi connectivity index (χ0n) is 9.91. The standard InChI is InChI=1S/C11H18N2O3/c1-4-11(15,5-2)7-12-10(14)9-6-8(3)13-16-9/h6,15H,4-5,7H2,1-3H3,(H,12,14). The van der Waals surface area contributed by atoms with E-state index >= 15 is 0 Å². The second-order valence-electron chi connectivity index (χ2n) is 3.95. The molecule has 0 aliphatic carbocycles. The van der Waals surface area contributed by atoms with Crippen LogP contribution in [0.2, 0.25) is 0 Å². The van der Waals surface area contributed by atoms with Crippen LogP contribution in [0.5, 0.6) is 0 Å². The van der Waals surface area contributed by atoms with Crippen molar-refractivity contribution < 1.29 is 14.4 Å². The summed E-state index contributed by atoms with van der Waals surface area (Å²) in [7, 11) is 0. The highest BCUT2D eigenvalue weighted by atomic mass is 16.5. The number of nitrogens with one attached hydrogen (secondary N) is 1. The Kier molecular flexibility index (Phi) is 4.06. The smallest absolute Gasteiger partial charge is 0.290 e. The van der Waals surface area contributed by atoms with Crippen molar-refractivity contribution in [3.05, 3.63) is 17.5 Å². The van der Waals surface area contributed by atoms with Crippen LogP contribution in [0.25, 0.3) is 0 Å². The molecule has 0 fully saturated rings. The molecule has 16 heavy (non-hydrogen) atoms. The van der Waals surface area contributed by atoms with Crippen molar-refractivity contribution in [3.8, 4) is 0 Å². The molecule has 5 nitrogen and oxygen atoms in total. The summed E-state index contributed by atoms with van der Waals surface area (Å²) < 4.78 is 4.81. The van der Waals surface area contributed by atoms with Crippen LogP contribution in [0.15, 0.2) is 10.6 Å². The lowest BCUT2D eigenvalue weighted by Gasteiger charge is -2.24. The van der Waals surface area contributed by atoms with Crippen LogP contribution < -0.4 is 5.32 Å². The summed E-state index contributed by atoms with van der Waals surface area (Å²) in [6, 6.07) is 1.56. The third kappa shape index (κ3) is 3.06. The number of carbonyl (C=O) groups is 1. The number of aromatic nitrogens is 1. The van der Waals surface area contributed by atoms with Crippen molar-refractivity contribution >= 4 is 5.91 Å². The maximum Gasteiger partial charge on any atom is 0.290 e. The Labute approximate surface area is 94.8 Å². The molecule has 0 bridgehead atoms. The van der Waals surface area contributed by atoms with Gasteiger partial charge < -0.3 is 14.9 Å². The van der Waals surface area contributed by atoms with Crippen molar-refractivity contribution in [2.45, 2.75) is 39.2 Å². The molecule has 0 radical (unpaired) electrons. The van der Waals surface area contributed by atoms with Gasteiger partial charge in [-0.25, -0.2) is 0 Å². The van der Waals surface area contributed by atoms with E-state index < -0.39 is 5.60 Å². The number of carbonyl (C=O) groups excluding carboxylic acids is 1. The lowest BCUT2D eigenvalue weighted by Crippen LogP contribution is -2.41. The average molecular weight is 226 g/mol. The third-order valence-corrected chi connectivity index (χ3v) is 2.75. The van der Waals surface area contributed by atoms with Crippen molar-refractivity contribution in [1.29, 1.82) is 0 Å². The Morgan fingerprint density at radius 3 is 2.62 bits per heavy atom. The van der Waals surface area contributed by atoms with Gasteiger partial charge in [-0.2, -0.15) is 0 Å². The molecule has 0 saturated carbocycles. The summed E-state index contributed by atoms with van der Waals surface area (Å²) in [6.45, 7) is 5.73. The summed E-state index contributed by atoms with van der Waals surface area (Å²) in [5.74, 6) is -0.173. The van der Waals surface area contributed by atoms with Crippen LogP contribution >= 0.6 is 0 Å². The number of aryl methyl sites for hydroxylation is 1. The summed E-state index contributed by atoms with van der Waals surface area (Å²) in [5, 5.41) is 16.2. The maximum absolute atomic E-state index is 11.6. The zero-order chi connectivity index (χ0) is 12.2. The normalized spacial score (nSPS) is 11.5. The van der Waals surface area contributed by atoms with E-state index in [2.05, 4.69) is 10.5 Å². The van der Waals surface area contributed by atoms with Crippen LogP contribution in [-0.2, 0) is 0 Å². The van der Waals surface area contributed by atoms with Gasteiger partial charge in [0.25, 0.3) is 5.91 Å². The van der Waals surface area contributed by atoms with Crippen LogP contribution in [0.4, 0.5) is 0 Å². The fraction of sp³-hybridized carbons (Fsp3) is 0.636. The van der Waals surface area contributed by atoms with Crippen LogP contribution in [0, 0.1) is 6.92 Å². The number of rotatable bonds is 5. The van der Waals surface area contributed by atoms with E-state index in [1.807, 2.05) is 13.8 Å². The number of amides is 1. The number of hydrogen-bond acceptors (Lipinski definition) is 4. The zero-order valence-corrected chi connectivity index (χ0v) is 9.91. The number of hydrogen-bond donors (Lipinski definition) is 2. The van der Waals surface area contributed by atoms with Gasteiger partial charge in [0.05, 0.1) is 11.3 Å². The molecule has 0 unspecified atom stereocenters. The average Bonchev–Trinajstić information content (AvgIpc) is 2.72. The lowest BCUT2D eigenvalue weighted by atomic mass is 9.97. The third-order valence-electron chi connectivity index (χ3n) is 2.75. The van der Waals surface area contributed by atoms with Crippen LogP contribution in [0.3, 0.4) is 0 Å². The summed E-state index contributed by atoms with van der Waals surface area (Å²) in [6.07, 6.45) is 1.19. The second-order valence-corrected chi connectivity index (χ2v) is 3.95. The fourth-order valence-electron chi connectivity index (χ4n) is 1.30. The van der Waals surface area contributed by atoms with Crippen molar-refractivity contribution in [2.75, 3.05) is 6.54 Å². The molecule has 0 aliphatic heterocycles. The molecule has 0 aliphatic rings. The summed E-state index contributed by atoms with van der Waals surface area (Å²) >= 11 is 0. The van der Waals surface area contributed by atoms with Gasteiger partial charge >= 0.3 is 0 Å². The van der Waals surface area contributed by atoms with Crippen LogP contribution in [0.1, 0.15) is 42.9 Å². The first kappa shape index (κ1) is 12.7. The molecule has 1 rings (SSSR count). The highest BCUT2D eigenvalue weighted by Crippen LogP contribution is 2.13. The van der Waals surface area contributed by atoms with Gasteiger partial charge in [-0.3, -0.25) is 4.79 Å². The molecule has 1 aromatic rings. The SMILES string of the molecule is CCC(O)(CC)CNC(=O)c1cc(C)no1. The summed E-state index contributed by atoms with van der Waals surface area (Å²) in [4.78, 5) is 11.6. The van der Waals surface area contributed by atoms with E-state index in [1.165, 1.54) is 0 Å². The van der Waals surface area contributed by atoms with Gasteiger partial charge in [0, 0.05) is 12.6 Å². The van der Waals surface area contributed by atoms with Crippen molar-refractivity contribution in [2.24, 2.45) is 0 Å². The number of nitrogens with zero attached hydrogens (tertiary/aromatic N) is 1. The van der Waals surface area contributed by atoms with Gasteiger partial charge in [0.1, 0.15) is 0 Å². The minimum Gasteiger partial charge on any atom is -0.388 e. The van der Waals surface area contributed by atoms with E-state index in [9.17, 15) is 9.90 Å². The van der Waals surface area contributed by atoms with E-state index in [1.54, 1.807) is 13.0 Å². The molecular weight excluding hydrogens is 208 g/mol. The topological polar surface area (TPSA) is 75.4 Å². The molecule has 2 N–H and O–H groups in total. The van der Waals surface area contributed by atoms with E-state index in [4.69, 9.17) is 4.52 Å². The fourth-order valence-corrected chi connectivity index (χ4v) is 1.30. The molecule has 5 heteroatoms. The highest BCUT2D eigenvalue weighted by Gasteiger charge is 2.23. The Hall–Kier alpha value is -1.36. The van der Waals surface area contributed by atoms with Gasteiger partial charge in [-0.1, -0.05) is 19.0 Å². The Bertz CT molecular complexity index is 356. The Balaban J connectivity index is 2.53. The van der Waals surface area contributed by atoms with Gasteiger partial charge in [-0.05, 0) is 19.8 Å². The predicted octanol–water partition coefficient (Wildman–Crippen LogP) is 1.26. The molecule has 0 spiro atoms.